The van der Waals surface area contributed by atoms with Gasteiger partial charge in [-0.3, -0.25) is 0 Å². The third-order valence-corrected chi connectivity index (χ3v) is 2.10. The van der Waals surface area contributed by atoms with Gasteiger partial charge < -0.3 is 4.74 Å². The van der Waals surface area contributed by atoms with Crippen LogP contribution in [0, 0.1) is 0 Å². The monoisotopic (exact) mass is 319 g/mol. The van der Waals surface area contributed by atoms with Crippen LogP contribution in [-0.2, 0) is 28.1 Å². The van der Waals surface area contributed by atoms with Crippen LogP contribution < -0.4 is 0 Å². The second-order valence-electron chi connectivity index (χ2n) is 3.40. The largest absolute Gasteiger partial charge is 0.460 e. The number of ether oxygens (including phenoxy) is 1. The molecule has 0 heterocycles. The zero-order valence-electron chi connectivity index (χ0n) is 11.2. The molecule has 0 amide bonds. The SMILES string of the molecule is C.CCC(C)OC(=O)/C=C/c1ccccc1.CP.[V]. The Kier molecular flexibility index (Phi) is 19.2. The Morgan fingerprint density at radius 1 is 1.32 bits per heavy atom. The zero-order valence-corrected chi connectivity index (χ0v) is 13.7. The second kappa shape index (κ2) is 15.5. The first-order chi connectivity index (χ1) is 8.22. The number of carbonyl (C=O) groups excluding carboxylic acids is 1. The van der Waals surface area contributed by atoms with Crippen molar-refractivity contribution in [1.29, 1.82) is 0 Å². The molecule has 4 heteroatoms. The molecule has 0 aliphatic heterocycles. The van der Waals surface area contributed by atoms with Gasteiger partial charge in [-0.15, -0.1) is 9.24 Å². The molecule has 0 bridgehead atoms. The van der Waals surface area contributed by atoms with Crippen molar-refractivity contribution in [2.24, 2.45) is 0 Å². The van der Waals surface area contributed by atoms with Crippen LogP contribution in [0.1, 0.15) is 33.3 Å². The molecule has 0 saturated carbocycles. The Balaban J connectivity index is -0.000000609. The van der Waals surface area contributed by atoms with Crippen LogP contribution in [-0.4, -0.2) is 18.7 Å². The predicted molar refractivity (Wildman–Crippen MR) is 83.7 cm³/mol. The van der Waals surface area contributed by atoms with Gasteiger partial charge >= 0.3 is 5.97 Å². The molecular formula is C15H25O2PV. The maximum absolute atomic E-state index is 11.3. The molecule has 19 heavy (non-hydrogen) atoms. The number of carbonyl (C=O) groups is 1. The fraction of sp³-hybridized carbons (Fsp3) is 0.400. The van der Waals surface area contributed by atoms with E-state index in [9.17, 15) is 4.79 Å². The van der Waals surface area contributed by atoms with Crippen molar-refractivity contribution in [2.75, 3.05) is 6.66 Å². The van der Waals surface area contributed by atoms with Crippen molar-refractivity contribution in [3.05, 3.63) is 42.0 Å². The minimum Gasteiger partial charge on any atom is -0.460 e. The number of hydrogen-bond donors (Lipinski definition) is 0. The van der Waals surface area contributed by atoms with Gasteiger partial charge in [0.25, 0.3) is 0 Å². The minimum atomic E-state index is -0.284. The molecule has 0 saturated heterocycles. The molecule has 0 spiro atoms. The van der Waals surface area contributed by atoms with Crippen LogP contribution in [0.25, 0.3) is 6.08 Å². The van der Waals surface area contributed by atoms with Crippen molar-refractivity contribution in [2.45, 2.75) is 33.8 Å². The summed E-state index contributed by atoms with van der Waals surface area (Å²) in [6.07, 6.45) is 4.04. The Labute approximate surface area is 132 Å². The fourth-order valence-corrected chi connectivity index (χ4v) is 1.05. The van der Waals surface area contributed by atoms with Crippen LogP contribution in [0.2, 0.25) is 0 Å². The molecule has 1 radical (unpaired) electrons. The van der Waals surface area contributed by atoms with E-state index in [-0.39, 0.29) is 38.1 Å². The van der Waals surface area contributed by atoms with Gasteiger partial charge in [-0.25, -0.2) is 4.79 Å². The maximum Gasteiger partial charge on any atom is 0.331 e. The van der Waals surface area contributed by atoms with E-state index < -0.39 is 0 Å². The van der Waals surface area contributed by atoms with Crippen LogP contribution >= 0.6 is 9.24 Å². The van der Waals surface area contributed by atoms with E-state index in [2.05, 4.69) is 9.24 Å². The number of esters is 1. The molecule has 0 aromatic heterocycles. The molecule has 1 aromatic carbocycles. The standard InChI is InChI=1S/C13H16O2.CH5P.CH4.V/c1-3-11(2)15-13(14)10-9-12-7-5-4-6-8-12;1-2;;/h4-11H,3H2,1-2H3;2H2,1H3;1H4;/b10-9+;;;. The molecule has 0 aliphatic rings. The number of hydrogen-bond acceptors (Lipinski definition) is 2. The van der Waals surface area contributed by atoms with Crippen molar-refractivity contribution in [3.63, 3.8) is 0 Å². The molecule has 2 unspecified atom stereocenters. The molecular weight excluding hydrogens is 294 g/mol. The fourth-order valence-electron chi connectivity index (χ4n) is 1.05. The van der Waals surface area contributed by atoms with Crippen molar-refractivity contribution in [1.82, 2.24) is 0 Å². The first-order valence-electron chi connectivity index (χ1n) is 5.74. The third kappa shape index (κ3) is 12.2. The Hall–Kier alpha value is -0.556. The molecule has 1 aromatic rings. The van der Waals surface area contributed by atoms with E-state index >= 15 is 0 Å². The smallest absolute Gasteiger partial charge is 0.331 e. The van der Waals surface area contributed by atoms with Crippen molar-refractivity contribution < 1.29 is 28.1 Å². The summed E-state index contributed by atoms with van der Waals surface area (Å²) in [6, 6.07) is 9.67. The third-order valence-electron chi connectivity index (χ3n) is 2.10. The molecule has 0 N–H and O–H groups in total. The summed E-state index contributed by atoms with van der Waals surface area (Å²) >= 11 is 0. The summed E-state index contributed by atoms with van der Waals surface area (Å²) in [5.41, 5.74) is 0.999. The normalized spacial score (nSPS) is 10.3. The second-order valence-corrected chi connectivity index (χ2v) is 3.40. The van der Waals surface area contributed by atoms with Gasteiger partial charge in [0.1, 0.15) is 0 Å². The Bertz CT molecular complexity index is 339. The topological polar surface area (TPSA) is 26.3 Å². The minimum absolute atomic E-state index is 0. The number of benzene rings is 1. The molecule has 0 fully saturated rings. The quantitative estimate of drug-likeness (QED) is 0.473. The summed E-state index contributed by atoms with van der Waals surface area (Å²) < 4.78 is 5.10. The average Bonchev–Trinajstić information content (AvgIpc) is 2.40. The summed E-state index contributed by atoms with van der Waals surface area (Å²) in [4.78, 5) is 11.3. The molecule has 0 aliphatic carbocycles. The zero-order chi connectivity index (χ0) is 13.1. The van der Waals surface area contributed by atoms with Crippen LogP contribution in [0.3, 0.4) is 0 Å². The average molecular weight is 319 g/mol. The van der Waals surface area contributed by atoms with Crippen molar-refractivity contribution >= 4 is 21.3 Å². The summed E-state index contributed by atoms with van der Waals surface area (Å²) in [7, 11) is 2.42. The van der Waals surface area contributed by atoms with Gasteiger partial charge in [-0.2, -0.15) is 0 Å². The Morgan fingerprint density at radius 3 is 2.32 bits per heavy atom. The first-order valence-corrected chi connectivity index (χ1v) is 6.89. The van der Waals surface area contributed by atoms with Gasteiger partial charge in [-0.05, 0) is 25.0 Å². The summed E-state index contributed by atoms with van der Waals surface area (Å²) in [5, 5.41) is 0. The summed E-state index contributed by atoms with van der Waals surface area (Å²) in [5.74, 6) is -0.284. The summed E-state index contributed by atoms with van der Waals surface area (Å²) in [6.45, 7) is 5.78. The van der Waals surface area contributed by atoms with Gasteiger partial charge in [0.15, 0.2) is 0 Å². The van der Waals surface area contributed by atoms with Crippen LogP contribution in [0.5, 0.6) is 0 Å². The van der Waals surface area contributed by atoms with Gasteiger partial charge in [0.05, 0.1) is 6.10 Å². The van der Waals surface area contributed by atoms with Gasteiger partial charge in [0.2, 0.25) is 0 Å². The maximum atomic E-state index is 11.3. The van der Waals surface area contributed by atoms with Crippen molar-refractivity contribution in [3.8, 4) is 0 Å². The van der Waals surface area contributed by atoms with Crippen LogP contribution in [0.15, 0.2) is 36.4 Å². The number of rotatable bonds is 4. The molecule has 1 rings (SSSR count). The van der Waals surface area contributed by atoms with E-state index in [0.29, 0.717) is 0 Å². The molecule has 2 nitrogen and oxygen atoms in total. The first kappa shape index (κ1) is 23.5. The van der Waals surface area contributed by atoms with E-state index in [0.717, 1.165) is 12.0 Å². The molecule has 107 valence electrons. The van der Waals surface area contributed by atoms with E-state index in [4.69, 9.17) is 4.74 Å². The predicted octanol–water partition coefficient (Wildman–Crippen LogP) is 4.17. The van der Waals surface area contributed by atoms with E-state index in [1.807, 2.05) is 50.8 Å². The van der Waals surface area contributed by atoms with Gasteiger partial charge in [0, 0.05) is 24.6 Å². The molecule has 2 atom stereocenters. The van der Waals surface area contributed by atoms with Crippen LogP contribution in [0.4, 0.5) is 0 Å². The van der Waals surface area contributed by atoms with E-state index in [1.54, 1.807) is 6.08 Å². The Morgan fingerprint density at radius 2 is 1.84 bits per heavy atom. The van der Waals surface area contributed by atoms with E-state index in [1.165, 1.54) is 6.08 Å². The van der Waals surface area contributed by atoms with Gasteiger partial charge in [-0.1, -0.05) is 51.3 Å².